The molecule has 32 heavy (non-hydrogen) atoms. The van der Waals surface area contributed by atoms with E-state index in [-0.39, 0.29) is 24.4 Å². The number of ether oxygens (including phenoxy) is 1. The standard InChI is InChI=1S/C25H24N4O3/c1-18-5-4-6-20(15-18)17-32-21-11-9-19(10-12-21)16-26-24(30)13-14-29-25(31)22-7-2-3-8-23(22)27-28-29/h2-12,15H,13-14,16-17H2,1H3,(H,26,30). The fourth-order valence-corrected chi connectivity index (χ4v) is 3.34. The van der Waals surface area contributed by atoms with Gasteiger partial charge in [-0.05, 0) is 42.3 Å². The number of aryl methyl sites for hydroxylation is 2. The lowest BCUT2D eigenvalue weighted by Gasteiger charge is -2.09. The van der Waals surface area contributed by atoms with Crippen molar-refractivity contribution in [1.82, 2.24) is 20.3 Å². The van der Waals surface area contributed by atoms with E-state index in [0.717, 1.165) is 16.9 Å². The molecule has 1 amide bonds. The maximum atomic E-state index is 12.4. The van der Waals surface area contributed by atoms with Crippen molar-refractivity contribution in [1.29, 1.82) is 0 Å². The van der Waals surface area contributed by atoms with Gasteiger partial charge in [-0.25, -0.2) is 4.68 Å². The molecule has 162 valence electrons. The summed E-state index contributed by atoms with van der Waals surface area (Å²) in [5.74, 6) is 0.613. The van der Waals surface area contributed by atoms with Crippen LogP contribution in [0.5, 0.6) is 5.75 Å². The number of hydrogen-bond acceptors (Lipinski definition) is 5. The van der Waals surface area contributed by atoms with Crippen LogP contribution in [-0.2, 0) is 24.5 Å². The molecule has 0 radical (unpaired) electrons. The summed E-state index contributed by atoms with van der Waals surface area (Å²) in [6.07, 6.45) is 0.143. The summed E-state index contributed by atoms with van der Waals surface area (Å²) in [5, 5.41) is 11.3. The Labute approximate surface area is 185 Å². The van der Waals surface area contributed by atoms with Crippen LogP contribution in [0.4, 0.5) is 0 Å². The molecule has 1 N–H and O–H groups in total. The van der Waals surface area contributed by atoms with Crippen molar-refractivity contribution < 1.29 is 9.53 Å². The second-order valence-corrected chi connectivity index (χ2v) is 7.58. The van der Waals surface area contributed by atoms with Crippen molar-refractivity contribution in [2.45, 2.75) is 33.0 Å². The lowest BCUT2D eigenvalue weighted by molar-refractivity contribution is -0.121. The van der Waals surface area contributed by atoms with E-state index in [1.54, 1.807) is 24.3 Å². The number of rotatable bonds is 8. The fourth-order valence-electron chi connectivity index (χ4n) is 3.34. The maximum absolute atomic E-state index is 12.4. The SMILES string of the molecule is Cc1cccc(COc2ccc(CNC(=O)CCn3nnc4ccccc4c3=O)cc2)c1. The highest BCUT2D eigenvalue weighted by molar-refractivity contribution is 5.77. The molecule has 0 aliphatic rings. The lowest BCUT2D eigenvalue weighted by atomic mass is 10.1. The van der Waals surface area contributed by atoms with Crippen molar-refractivity contribution in [2.24, 2.45) is 0 Å². The van der Waals surface area contributed by atoms with E-state index < -0.39 is 0 Å². The van der Waals surface area contributed by atoms with Gasteiger partial charge in [0.05, 0.1) is 11.9 Å². The molecule has 0 spiro atoms. The normalized spacial score (nSPS) is 10.8. The molecule has 0 fully saturated rings. The van der Waals surface area contributed by atoms with Gasteiger partial charge in [0.1, 0.15) is 17.9 Å². The predicted octanol–water partition coefficient (Wildman–Crippen LogP) is 3.39. The number of amides is 1. The van der Waals surface area contributed by atoms with Gasteiger partial charge in [-0.1, -0.05) is 59.3 Å². The minimum Gasteiger partial charge on any atom is -0.489 e. The van der Waals surface area contributed by atoms with Gasteiger partial charge in [0.15, 0.2) is 0 Å². The summed E-state index contributed by atoms with van der Waals surface area (Å²) >= 11 is 0. The third kappa shape index (κ3) is 5.37. The number of carbonyl (C=O) groups is 1. The third-order valence-electron chi connectivity index (χ3n) is 5.08. The van der Waals surface area contributed by atoms with Crippen LogP contribution in [-0.4, -0.2) is 20.9 Å². The first kappa shape index (κ1) is 21.2. The molecule has 1 aromatic heterocycles. The molecule has 0 aliphatic heterocycles. The van der Waals surface area contributed by atoms with Gasteiger partial charge in [0.2, 0.25) is 5.91 Å². The number of nitrogens with one attached hydrogen (secondary N) is 1. The van der Waals surface area contributed by atoms with Crippen molar-refractivity contribution in [3.63, 3.8) is 0 Å². The Morgan fingerprint density at radius 1 is 1.00 bits per heavy atom. The molecular weight excluding hydrogens is 404 g/mol. The first-order valence-corrected chi connectivity index (χ1v) is 10.4. The maximum Gasteiger partial charge on any atom is 0.277 e. The Balaban J connectivity index is 1.25. The first-order valence-electron chi connectivity index (χ1n) is 10.4. The van der Waals surface area contributed by atoms with E-state index in [4.69, 9.17) is 4.74 Å². The summed E-state index contributed by atoms with van der Waals surface area (Å²) in [5.41, 5.74) is 3.59. The molecule has 0 unspecified atom stereocenters. The minimum atomic E-state index is -0.246. The molecule has 4 aromatic rings. The second kappa shape index (κ2) is 9.87. The molecular formula is C25H24N4O3. The van der Waals surface area contributed by atoms with Gasteiger partial charge >= 0.3 is 0 Å². The minimum absolute atomic E-state index is 0.143. The van der Waals surface area contributed by atoms with Crippen LogP contribution in [0.25, 0.3) is 10.9 Å². The van der Waals surface area contributed by atoms with Gasteiger partial charge < -0.3 is 10.1 Å². The van der Waals surface area contributed by atoms with Crippen molar-refractivity contribution in [2.75, 3.05) is 0 Å². The largest absolute Gasteiger partial charge is 0.489 e. The van der Waals surface area contributed by atoms with E-state index in [1.807, 2.05) is 36.4 Å². The monoisotopic (exact) mass is 428 g/mol. The predicted molar refractivity (Wildman–Crippen MR) is 122 cm³/mol. The molecule has 7 heteroatoms. The number of fused-ring (bicyclic) bond motifs is 1. The van der Waals surface area contributed by atoms with Crippen molar-refractivity contribution in [3.8, 4) is 5.75 Å². The summed E-state index contributed by atoms with van der Waals surface area (Å²) in [4.78, 5) is 24.6. The Morgan fingerprint density at radius 2 is 1.81 bits per heavy atom. The Hall–Kier alpha value is -4.00. The van der Waals surface area contributed by atoms with E-state index in [2.05, 4.69) is 34.7 Å². The molecule has 0 atom stereocenters. The smallest absolute Gasteiger partial charge is 0.277 e. The number of aromatic nitrogens is 3. The Bertz CT molecular complexity index is 1280. The van der Waals surface area contributed by atoms with Crippen molar-refractivity contribution in [3.05, 3.63) is 99.8 Å². The Morgan fingerprint density at radius 3 is 2.62 bits per heavy atom. The summed E-state index contributed by atoms with van der Waals surface area (Å²) in [6.45, 7) is 3.14. The van der Waals surface area contributed by atoms with Gasteiger partial charge in [-0.2, -0.15) is 0 Å². The molecule has 7 nitrogen and oxygen atoms in total. The zero-order chi connectivity index (χ0) is 22.3. The Kier molecular flexibility index (Phi) is 6.55. The third-order valence-corrected chi connectivity index (χ3v) is 5.08. The van der Waals surface area contributed by atoms with Crippen LogP contribution in [0.15, 0.2) is 77.6 Å². The highest BCUT2D eigenvalue weighted by atomic mass is 16.5. The molecule has 0 bridgehead atoms. The zero-order valence-corrected chi connectivity index (χ0v) is 17.8. The topological polar surface area (TPSA) is 86.1 Å². The first-order chi connectivity index (χ1) is 15.6. The van der Waals surface area contributed by atoms with Crippen LogP contribution in [0, 0.1) is 6.92 Å². The highest BCUT2D eigenvalue weighted by Crippen LogP contribution is 2.15. The van der Waals surface area contributed by atoms with Crippen LogP contribution in [0.2, 0.25) is 0 Å². The number of carbonyl (C=O) groups excluding carboxylic acids is 1. The zero-order valence-electron chi connectivity index (χ0n) is 17.8. The lowest BCUT2D eigenvalue weighted by Crippen LogP contribution is -2.29. The van der Waals surface area contributed by atoms with Gasteiger partial charge in [0.25, 0.3) is 5.56 Å². The van der Waals surface area contributed by atoms with Crippen molar-refractivity contribution >= 4 is 16.8 Å². The highest BCUT2D eigenvalue weighted by Gasteiger charge is 2.08. The average Bonchev–Trinajstić information content (AvgIpc) is 2.82. The van der Waals surface area contributed by atoms with E-state index in [9.17, 15) is 9.59 Å². The van der Waals surface area contributed by atoms with Crippen LogP contribution in [0.1, 0.15) is 23.1 Å². The molecule has 4 rings (SSSR count). The van der Waals surface area contributed by atoms with Gasteiger partial charge in [-0.3, -0.25) is 9.59 Å². The average molecular weight is 428 g/mol. The molecule has 0 saturated heterocycles. The molecule has 1 heterocycles. The van der Waals surface area contributed by atoms with Crippen LogP contribution in [0.3, 0.4) is 0 Å². The number of benzene rings is 3. The fraction of sp³-hybridized carbons (Fsp3) is 0.200. The number of hydrogen-bond donors (Lipinski definition) is 1. The number of nitrogens with zero attached hydrogens (tertiary/aromatic N) is 3. The summed E-state index contributed by atoms with van der Waals surface area (Å²) < 4.78 is 7.05. The van der Waals surface area contributed by atoms with E-state index in [1.165, 1.54) is 10.2 Å². The molecule has 0 saturated carbocycles. The summed E-state index contributed by atoms with van der Waals surface area (Å²) in [6, 6.07) is 22.9. The van der Waals surface area contributed by atoms with Crippen LogP contribution >= 0.6 is 0 Å². The van der Waals surface area contributed by atoms with E-state index in [0.29, 0.717) is 24.1 Å². The van der Waals surface area contributed by atoms with Gasteiger partial charge in [-0.15, -0.1) is 5.10 Å². The van der Waals surface area contributed by atoms with E-state index >= 15 is 0 Å². The quantitative estimate of drug-likeness (QED) is 0.465. The summed E-state index contributed by atoms with van der Waals surface area (Å²) in [7, 11) is 0. The second-order valence-electron chi connectivity index (χ2n) is 7.58. The molecule has 3 aromatic carbocycles. The van der Waals surface area contributed by atoms with Crippen LogP contribution < -0.4 is 15.6 Å². The molecule has 0 aliphatic carbocycles. The van der Waals surface area contributed by atoms with Gasteiger partial charge in [0, 0.05) is 13.0 Å².